The van der Waals surface area contributed by atoms with Gasteiger partial charge in [0.25, 0.3) is 0 Å². The van der Waals surface area contributed by atoms with E-state index in [0.29, 0.717) is 5.69 Å². The van der Waals surface area contributed by atoms with Gasteiger partial charge in [-0.3, -0.25) is 4.21 Å². The van der Waals surface area contributed by atoms with Crippen LogP contribution in [0.3, 0.4) is 0 Å². The van der Waals surface area contributed by atoms with Gasteiger partial charge in [0.1, 0.15) is 0 Å². The summed E-state index contributed by atoms with van der Waals surface area (Å²) in [6, 6.07) is 5.54. The highest BCUT2D eigenvalue weighted by Gasteiger charge is 2.41. The van der Waals surface area contributed by atoms with Gasteiger partial charge in [-0.05, 0) is 71.3 Å². The lowest BCUT2D eigenvalue weighted by molar-refractivity contribution is -0.0809. The zero-order valence-corrected chi connectivity index (χ0v) is 15.1. The molecule has 2 aliphatic rings. The summed E-state index contributed by atoms with van der Waals surface area (Å²) < 4.78 is 19.9. The smallest absolute Gasteiger partial charge is 0.0709 e. The molecule has 0 amide bonds. The third-order valence-corrected chi connectivity index (χ3v) is 8.03. The van der Waals surface area contributed by atoms with E-state index < -0.39 is 10.8 Å². The number of nitrogens with two attached hydrogens (primary N) is 1. The Labute approximate surface area is 141 Å². The van der Waals surface area contributed by atoms with Crippen LogP contribution in [0.25, 0.3) is 0 Å². The van der Waals surface area contributed by atoms with E-state index in [-0.39, 0.29) is 10.9 Å². The molecule has 2 unspecified atom stereocenters. The fraction of sp³-hybridized carbons (Fsp3) is 0.600. The molecule has 3 nitrogen and oxygen atoms in total. The third kappa shape index (κ3) is 3.49. The van der Waals surface area contributed by atoms with E-state index in [2.05, 4.69) is 15.9 Å². The Kier molecular flexibility index (Phi) is 4.98. The number of anilines is 1. The van der Waals surface area contributed by atoms with Crippen LogP contribution in [-0.2, 0) is 15.5 Å². The van der Waals surface area contributed by atoms with E-state index in [1.165, 1.54) is 0 Å². The topological polar surface area (TPSA) is 52.3 Å². The Morgan fingerprint density at radius 1 is 1.38 bits per heavy atom. The molecule has 1 aromatic rings. The van der Waals surface area contributed by atoms with Crippen molar-refractivity contribution in [1.82, 2.24) is 0 Å². The van der Waals surface area contributed by atoms with Crippen LogP contribution in [0.1, 0.15) is 25.7 Å². The Bertz CT molecular complexity index is 541. The highest BCUT2D eigenvalue weighted by atomic mass is 79.9. The van der Waals surface area contributed by atoms with Crippen molar-refractivity contribution in [2.24, 2.45) is 0 Å². The number of rotatable bonds is 2. The van der Waals surface area contributed by atoms with Crippen LogP contribution in [-0.4, -0.2) is 33.2 Å². The number of halogens is 1. The second kappa shape index (κ2) is 6.60. The summed E-state index contributed by atoms with van der Waals surface area (Å²) in [4.78, 5) is 0.858. The van der Waals surface area contributed by atoms with Crippen molar-refractivity contribution in [3.05, 3.63) is 22.7 Å². The maximum Gasteiger partial charge on any atom is 0.0709 e. The molecule has 21 heavy (non-hydrogen) atoms. The molecule has 2 heterocycles. The van der Waals surface area contributed by atoms with Gasteiger partial charge in [-0.25, -0.2) is 0 Å². The van der Waals surface area contributed by atoms with Crippen LogP contribution in [0.4, 0.5) is 5.69 Å². The van der Waals surface area contributed by atoms with Crippen LogP contribution >= 0.6 is 27.7 Å². The van der Waals surface area contributed by atoms with Gasteiger partial charge in [-0.15, -0.1) is 0 Å². The van der Waals surface area contributed by atoms with Crippen LogP contribution in [0.5, 0.6) is 0 Å². The van der Waals surface area contributed by atoms with Gasteiger partial charge in [-0.1, -0.05) is 0 Å². The molecular formula is C15H20BrNO2S2. The number of thioether (sulfide) groups is 1. The molecule has 2 atom stereocenters. The van der Waals surface area contributed by atoms with E-state index in [0.717, 1.165) is 53.2 Å². The Balaban J connectivity index is 1.77. The van der Waals surface area contributed by atoms with Crippen molar-refractivity contribution in [2.75, 3.05) is 23.8 Å². The Morgan fingerprint density at radius 3 is 2.86 bits per heavy atom. The first-order chi connectivity index (χ1) is 10.1. The lowest BCUT2D eigenvalue weighted by Crippen LogP contribution is -2.45. The molecule has 1 spiro atoms. The number of hydrogen-bond donors (Lipinski definition) is 1. The molecule has 0 radical (unpaired) electrons. The first kappa shape index (κ1) is 15.8. The summed E-state index contributed by atoms with van der Waals surface area (Å²) in [6.07, 6.45) is 3.97. The van der Waals surface area contributed by atoms with Gasteiger partial charge >= 0.3 is 0 Å². The number of nitrogen functional groups attached to an aromatic ring is 1. The summed E-state index contributed by atoms with van der Waals surface area (Å²) in [5, 5.41) is 0.182. The standard InChI is InChI=1S/C15H20BrNO2S2/c16-13-9-11(17)1-2-14(13)21(18)12-3-6-19-15(10-12)4-7-20-8-5-15/h1-2,9,12H,3-8,10,17H2. The van der Waals surface area contributed by atoms with Gasteiger partial charge in [0.2, 0.25) is 0 Å². The number of hydrogen-bond acceptors (Lipinski definition) is 4. The Morgan fingerprint density at radius 2 is 2.14 bits per heavy atom. The highest BCUT2D eigenvalue weighted by molar-refractivity contribution is 9.10. The predicted octanol–water partition coefficient (Wildman–Crippen LogP) is 3.58. The zero-order valence-electron chi connectivity index (χ0n) is 11.8. The molecule has 2 N–H and O–H groups in total. The van der Waals surface area contributed by atoms with Crippen molar-refractivity contribution in [2.45, 2.75) is 41.4 Å². The third-order valence-electron chi connectivity index (χ3n) is 4.33. The minimum atomic E-state index is -1.01. The summed E-state index contributed by atoms with van der Waals surface area (Å²) >= 11 is 5.49. The van der Waals surface area contributed by atoms with Crippen molar-refractivity contribution in [3.63, 3.8) is 0 Å². The Hall–Kier alpha value is -0.0400. The molecule has 0 aromatic heterocycles. The van der Waals surface area contributed by atoms with Crippen LogP contribution < -0.4 is 5.73 Å². The van der Waals surface area contributed by atoms with Crippen molar-refractivity contribution in [1.29, 1.82) is 0 Å². The minimum absolute atomic E-state index is 0.0237. The number of benzene rings is 1. The summed E-state index contributed by atoms with van der Waals surface area (Å²) in [5.41, 5.74) is 6.43. The monoisotopic (exact) mass is 389 g/mol. The molecule has 3 rings (SSSR count). The maximum absolute atomic E-state index is 12.9. The number of ether oxygens (including phenoxy) is 1. The molecule has 2 aliphatic heterocycles. The lowest BCUT2D eigenvalue weighted by Gasteiger charge is -2.43. The average molecular weight is 390 g/mol. The van der Waals surface area contributed by atoms with E-state index in [1.54, 1.807) is 0 Å². The molecular weight excluding hydrogens is 370 g/mol. The van der Waals surface area contributed by atoms with Gasteiger partial charge in [0.15, 0.2) is 0 Å². The fourth-order valence-corrected chi connectivity index (χ4v) is 6.81. The van der Waals surface area contributed by atoms with E-state index >= 15 is 0 Å². The van der Waals surface area contributed by atoms with Gasteiger partial charge in [0.05, 0.1) is 21.3 Å². The van der Waals surface area contributed by atoms with E-state index in [4.69, 9.17) is 10.5 Å². The fourth-order valence-electron chi connectivity index (χ4n) is 3.12. The lowest BCUT2D eigenvalue weighted by atomic mass is 9.88. The normalized spacial score (nSPS) is 26.6. The van der Waals surface area contributed by atoms with Crippen LogP contribution in [0.15, 0.2) is 27.6 Å². The van der Waals surface area contributed by atoms with Crippen molar-refractivity contribution < 1.29 is 8.95 Å². The zero-order chi connectivity index (χ0) is 14.9. The van der Waals surface area contributed by atoms with Crippen LogP contribution in [0.2, 0.25) is 0 Å². The molecule has 2 saturated heterocycles. The largest absolute Gasteiger partial charge is 0.399 e. The molecule has 0 bridgehead atoms. The second-order valence-electron chi connectivity index (χ2n) is 5.75. The van der Waals surface area contributed by atoms with Gasteiger partial charge in [-0.2, -0.15) is 11.8 Å². The molecule has 0 aliphatic carbocycles. The van der Waals surface area contributed by atoms with E-state index in [9.17, 15) is 4.21 Å². The molecule has 2 fully saturated rings. The molecule has 1 aromatic carbocycles. The molecule has 6 heteroatoms. The summed E-state index contributed by atoms with van der Waals surface area (Å²) in [5.74, 6) is 2.32. The highest BCUT2D eigenvalue weighted by Crippen LogP contribution is 2.40. The van der Waals surface area contributed by atoms with Crippen molar-refractivity contribution >= 4 is 44.2 Å². The predicted molar refractivity (Wildman–Crippen MR) is 93.2 cm³/mol. The average Bonchev–Trinajstić information content (AvgIpc) is 2.47. The first-order valence-corrected chi connectivity index (χ1v) is 10.4. The van der Waals surface area contributed by atoms with Crippen molar-refractivity contribution in [3.8, 4) is 0 Å². The first-order valence-electron chi connectivity index (χ1n) is 7.27. The second-order valence-corrected chi connectivity index (χ2v) is 9.53. The van der Waals surface area contributed by atoms with Gasteiger partial charge in [0, 0.05) is 22.0 Å². The van der Waals surface area contributed by atoms with Crippen LogP contribution in [0, 0.1) is 0 Å². The SMILES string of the molecule is Nc1ccc(S(=O)C2CCOC3(CCSCC3)C2)c(Br)c1. The molecule has 0 saturated carbocycles. The van der Waals surface area contributed by atoms with E-state index in [1.807, 2.05) is 30.0 Å². The minimum Gasteiger partial charge on any atom is -0.399 e. The molecule has 116 valence electrons. The maximum atomic E-state index is 12.9. The van der Waals surface area contributed by atoms with Gasteiger partial charge < -0.3 is 10.5 Å². The quantitative estimate of drug-likeness (QED) is 0.785. The summed E-state index contributed by atoms with van der Waals surface area (Å²) in [6.45, 7) is 0.730. The summed E-state index contributed by atoms with van der Waals surface area (Å²) in [7, 11) is -1.01.